The molecule has 3 heteroatoms. The molecule has 3 N–H and O–H groups in total. The minimum absolute atomic E-state index is 0.0490. The quantitative estimate of drug-likeness (QED) is 0.813. The Hall–Kier alpha value is -1.22. The van der Waals surface area contributed by atoms with Crippen molar-refractivity contribution in [3.8, 4) is 0 Å². The van der Waals surface area contributed by atoms with Crippen LogP contribution in [0, 0.1) is 6.92 Å². The fourth-order valence-electron chi connectivity index (χ4n) is 2.99. The molecule has 1 atom stereocenters. The third kappa shape index (κ3) is 3.03. The van der Waals surface area contributed by atoms with E-state index in [0.29, 0.717) is 6.04 Å². The molecule has 0 bridgehead atoms. The Labute approximate surface area is 116 Å². The first-order chi connectivity index (χ1) is 9.10. The number of benzene rings is 1. The van der Waals surface area contributed by atoms with Crippen molar-refractivity contribution in [1.29, 1.82) is 0 Å². The first-order valence-electron chi connectivity index (χ1n) is 7.36. The minimum atomic E-state index is 0.0490. The zero-order chi connectivity index (χ0) is 13.9. The van der Waals surface area contributed by atoms with E-state index >= 15 is 0 Å². The normalized spacial score (nSPS) is 22.2. The Balaban J connectivity index is 2.11. The van der Waals surface area contributed by atoms with E-state index in [4.69, 9.17) is 10.5 Å². The first kappa shape index (κ1) is 14.2. The van der Waals surface area contributed by atoms with Crippen LogP contribution >= 0.6 is 0 Å². The van der Waals surface area contributed by atoms with E-state index < -0.39 is 0 Å². The number of para-hydroxylation sites is 1. The second-order valence-corrected chi connectivity index (χ2v) is 5.61. The topological polar surface area (TPSA) is 47.3 Å². The van der Waals surface area contributed by atoms with Gasteiger partial charge in [-0.25, -0.2) is 0 Å². The Morgan fingerprint density at radius 3 is 2.74 bits per heavy atom. The van der Waals surface area contributed by atoms with Gasteiger partial charge >= 0.3 is 0 Å². The molecule has 1 aliphatic heterocycles. The van der Waals surface area contributed by atoms with Crippen LogP contribution in [0.15, 0.2) is 18.2 Å². The predicted molar refractivity (Wildman–Crippen MR) is 81.5 cm³/mol. The fourth-order valence-corrected chi connectivity index (χ4v) is 2.99. The maximum atomic E-state index is 6.08. The van der Waals surface area contributed by atoms with Crippen LogP contribution in [-0.4, -0.2) is 18.2 Å². The third-order valence-electron chi connectivity index (χ3n) is 4.44. The second kappa shape index (κ2) is 5.83. The number of rotatable bonds is 4. The van der Waals surface area contributed by atoms with Gasteiger partial charge in [0.1, 0.15) is 0 Å². The number of nitrogens with one attached hydrogen (secondary N) is 1. The van der Waals surface area contributed by atoms with Gasteiger partial charge in [-0.1, -0.05) is 26.0 Å². The molecular weight excluding hydrogens is 236 g/mol. The number of hydrogen-bond acceptors (Lipinski definition) is 3. The van der Waals surface area contributed by atoms with Crippen LogP contribution in [0.3, 0.4) is 0 Å². The summed E-state index contributed by atoms with van der Waals surface area (Å²) in [7, 11) is 0. The van der Waals surface area contributed by atoms with Gasteiger partial charge < -0.3 is 15.8 Å². The molecule has 3 nitrogen and oxygen atoms in total. The highest BCUT2D eigenvalue weighted by Gasteiger charge is 2.34. The van der Waals surface area contributed by atoms with E-state index in [1.807, 2.05) is 12.1 Å². The van der Waals surface area contributed by atoms with Crippen molar-refractivity contribution in [3.63, 3.8) is 0 Å². The molecule has 1 saturated heterocycles. The van der Waals surface area contributed by atoms with Gasteiger partial charge in [-0.05, 0) is 44.2 Å². The highest BCUT2D eigenvalue weighted by atomic mass is 16.5. The van der Waals surface area contributed by atoms with Gasteiger partial charge in [0, 0.05) is 12.6 Å². The zero-order valence-electron chi connectivity index (χ0n) is 12.3. The molecule has 1 heterocycles. The fraction of sp³-hybridized carbons (Fsp3) is 0.625. The maximum absolute atomic E-state index is 6.08. The predicted octanol–water partition coefficient (Wildman–Crippen LogP) is 3.73. The van der Waals surface area contributed by atoms with Gasteiger partial charge in [-0.2, -0.15) is 0 Å². The summed E-state index contributed by atoms with van der Waals surface area (Å²) in [4.78, 5) is 0. The number of ether oxygens (including phenoxy) is 1. The second-order valence-electron chi connectivity index (χ2n) is 5.61. The zero-order valence-corrected chi connectivity index (χ0v) is 12.3. The molecule has 0 radical (unpaired) electrons. The summed E-state index contributed by atoms with van der Waals surface area (Å²) in [6.45, 7) is 7.37. The summed E-state index contributed by atoms with van der Waals surface area (Å²) in [6, 6.07) is 6.52. The van der Waals surface area contributed by atoms with Crippen LogP contribution in [0.2, 0.25) is 0 Å². The molecule has 106 valence electrons. The van der Waals surface area contributed by atoms with Crippen molar-refractivity contribution in [1.82, 2.24) is 0 Å². The number of nitrogens with two attached hydrogens (primary N) is 1. The lowest BCUT2D eigenvalue weighted by molar-refractivity contribution is -0.0864. The van der Waals surface area contributed by atoms with Crippen LogP contribution in [0.1, 0.15) is 45.1 Å². The molecule has 0 aliphatic carbocycles. The van der Waals surface area contributed by atoms with Gasteiger partial charge in [-0.15, -0.1) is 0 Å². The standard InChI is InChI=1S/C16H26N2O/c1-4-16(5-2)11-13(9-10-19-16)18-15-12(3)7-6-8-14(15)17/h6-8,13,18H,4-5,9-11,17H2,1-3H3. The van der Waals surface area contributed by atoms with Crippen LogP contribution in [0.25, 0.3) is 0 Å². The summed E-state index contributed by atoms with van der Waals surface area (Å²) >= 11 is 0. The third-order valence-corrected chi connectivity index (χ3v) is 4.44. The summed E-state index contributed by atoms with van der Waals surface area (Å²) in [5.74, 6) is 0. The number of nitrogen functional groups attached to an aromatic ring is 1. The molecule has 0 saturated carbocycles. The van der Waals surface area contributed by atoms with Crippen molar-refractivity contribution < 1.29 is 4.74 Å². The van der Waals surface area contributed by atoms with Gasteiger partial charge in [0.2, 0.25) is 0 Å². The molecule has 0 amide bonds. The first-order valence-corrected chi connectivity index (χ1v) is 7.36. The number of hydrogen-bond donors (Lipinski definition) is 2. The van der Waals surface area contributed by atoms with Crippen LogP contribution in [0.4, 0.5) is 11.4 Å². The van der Waals surface area contributed by atoms with Gasteiger partial charge in [0.25, 0.3) is 0 Å². The largest absolute Gasteiger partial charge is 0.397 e. The monoisotopic (exact) mass is 262 g/mol. The molecule has 0 spiro atoms. The maximum Gasteiger partial charge on any atom is 0.0696 e. The van der Waals surface area contributed by atoms with E-state index in [0.717, 1.165) is 43.7 Å². The van der Waals surface area contributed by atoms with E-state index in [-0.39, 0.29) is 5.60 Å². The molecule has 2 rings (SSSR count). The van der Waals surface area contributed by atoms with Crippen molar-refractivity contribution in [2.24, 2.45) is 0 Å². The molecule has 1 fully saturated rings. The Morgan fingerprint density at radius 2 is 2.11 bits per heavy atom. The number of aryl methyl sites for hydroxylation is 1. The average molecular weight is 262 g/mol. The molecule has 1 aromatic carbocycles. The lowest BCUT2D eigenvalue weighted by Gasteiger charge is -2.40. The van der Waals surface area contributed by atoms with E-state index in [9.17, 15) is 0 Å². The molecule has 0 aromatic heterocycles. The Morgan fingerprint density at radius 1 is 1.37 bits per heavy atom. The summed E-state index contributed by atoms with van der Waals surface area (Å²) in [5.41, 5.74) is 9.27. The summed E-state index contributed by atoms with van der Waals surface area (Å²) < 4.78 is 6.02. The van der Waals surface area contributed by atoms with E-state index in [1.165, 1.54) is 5.56 Å². The lowest BCUT2D eigenvalue weighted by atomic mass is 9.85. The van der Waals surface area contributed by atoms with E-state index in [2.05, 4.69) is 32.2 Å². The smallest absolute Gasteiger partial charge is 0.0696 e. The van der Waals surface area contributed by atoms with Crippen LogP contribution in [0.5, 0.6) is 0 Å². The van der Waals surface area contributed by atoms with Crippen LogP contribution < -0.4 is 11.1 Å². The van der Waals surface area contributed by atoms with Crippen molar-refractivity contribution in [3.05, 3.63) is 23.8 Å². The molecule has 1 aromatic rings. The Bertz CT molecular complexity index is 407. The molecule has 19 heavy (non-hydrogen) atoms. The minimum Gasteiger partial charge on any atom is -0.397 e. The molecule has 1 unspecified atom stereocenters. The summed E-state index contributed by atoms with van der Waals surface area (Å²) in [5, 5.41) is 3.64. The lowest BCUT2D eigenvalue weighted by Crippen LogP contribution is -2.43. The highest BCUT2D eigenvalue weighted by molar-refractivity contribution is 5.70. The van der Waals surface area contributed by atoms with Crippen molar-refractivity contribution in [2.75, 3.05) is 17.7 Å². The van der Waals surface area contributed by atoms with Crippen LogP contribution in [-0.2, 0) is 4.74 Å². The highest BCUT2D eigenvalue weighted by Crippen LogP contribution is 2.34. The van der Waals surface area contributed by atoms with Crippen molar-refractivity contribution >= 4 is 11.4 Å². The Kier molecular flexibility index (Phi) is 4.35. The van der Waals surface area contributed by atoms with E-state index in [1.54, 1.807) is 0 Å². The molecule has 1 aliphatic rings. The van der Waals surface area contributed by atoms with Gasteiger partial charge in [-0.3, -0.25) is 0 Å². The molecular formula is C16H26N2O. The van der Waals surface area contributed by atoms with Crippen molar-refractivity contribution in [2.45, 2.75) is 58.1 Å². The number of anilines is 2. The average Bonchev–Trinajstić information content (AvgIpc) is 2.43. The SMILES string of the molecule is CCC1(CC)CC(Nc2c(C)cccc2N)CCO1. The summed E-state index contributed by atoms with van der Waals surface area (Å²) in [6.07, 6.45) is 4.26. The van der Waals surface area contributed by atoms with Gasteiger partial charge in [0.15, 0.2) is 0 Å². The van der Waals surface area contributed by atoms with Gasteiger partial charge in [0.05, 0.1) is 17.0 Å².